The lowest BCUT2D eigenvalue weighted by Gasteiger charge is -2.60. The highest BCUT2D eigenvalue weighted by molar-refractivity contribution is 5.87. The molecule has 0 bridgehead atoms. The summed E-state index contributed by atoms with van der Waals surface area (Å²) < 4.78 is 0. The summed E-state index contributed by atoms with van der Waals surface area (Å²) in [7, 11) is 0. The molecule has 4 saturated carbocycles. The molecule has 0 amide bonds. The van der Waals surface area contributed by atoms with Crippen LogP contribution in [0.25, 0.3) is 0 Å². The van der Waals surface area contributed by atoms with Crippen molar-refractivity contribution >= 4 is 11.6 Å². The zero-order valence-electron chi connectivity index (χ0n) is 14.2. The van der Waals surface area contributed by atoms with E-state index in [-0.39, 0.29) is 5.41 Å². The van der Waals surface area contributed by atoms with Gasteiger partial charge in [-0.05, 0) is 74.0 Å². The van der Waals surface area contributed by atoms with Crippen molar-refractivity contribution in [1.29, 1.82) is 0 Å². The van der Waals surface area contributed by atoms with Crippen LogP contribution in [0.1, 0.15) is 78.1 Å². The predicted molar refractivity (Wildman–Crippen MR) is 86.4 cm³/mol. The minimum absolute atomic E-state index is 0.00653. The van der Waals surface area contributed by atoms with Crippen LogP contribution < -0.4 is 0 Å². The van der Waals surface area contributed by atoms with Crippen LogP contribution in [0.2, 0.25) is 0 Å². The van der Waals surface area contributed by atoms with E-state index in [9.17, 15) is 9.59 Å². The maximum Gasteiger partial charge on any atom is 0.139 e. The fourth-order valence-electron chi connectivity index (χ4n) is 7.33. The van der Waals surface area contributed by atoms with Crippen LogP contribution >= 0.6 is 0 Å². The second-order valence-electron chi connectivity index (χ2n) is 8.90. The number of rotatable bonds is 1. The highest BCUT2D eigenvalue weighted by Gasteiger charge is 2.60. The molecule has 0 aromatic heterocycles. The van der Waals surface area contributed by atoms with Crippen molar-refractivity contribution in [3.63, 3.8) is 0 Å². The van der Waals surface area contributed by atoms with E-state index in [0.29, 0.717) is 28.8 Å². The Bertz CT molecular complexity index is 510. The lowest BCUT2D eigenvalue weighted by molar-refractivity contribution is -0.147. The van der Waals surface area contributed by atoms with Crippen molar-refractivity contribution in [2.24, 2.45) is 34.5 Å². The van der Waals surface area contributed by atoms with Crippen LogP contribution in [-0.2, 0) is 9.59 Å². The molecule has 0 N–H and O–H groups in total. The minimum atomic E-state index is -0.00653. The molecule has 4 fully saturated rings. The highest BCUT2D eigenvalue weighted by atomic mass is 16.1. The number of carbonyl (C=O) groups excluding carboxylic acids is 2. The first kappa shape index (κ1) is 14.9. The summed E-state index contributed by atoms with van der Waals surface area (Å²) in [4.78, 5) is 24.4. The summed E-state index contributed by atoms with van der Waals surface area (Å²) in [6.07, 6.45) is 10.9. The van der Waals surface area contributed by atoms with Gasteiger partial charge in [-0.3, -0.25) is 9.59 Å². The highest BCUT2D eigenvalue weighted by Crippen LogP contribution is 2.66. The number of hydrogen-bond donors (Lipinski definition) is 0. The van der Waals surface area contributed by atoms with Gasteiger partial charge in [0.05, 0.1) is 0 Å². The number of ketones is 2. The van der Waals surface area contributed by atoms with Crippen molar-refractivity contribution in [1.82, 2.24) is 0 Å². The third-order valence-corrected chi connectivity index (χ3v) is 8.55. The maximum absolute atomic E-state index is 12.4. The van der Waals surface area contributed by atoms with Gasteiger partial charge in [-0.25, -0.2) is 0 Å². The molecular formula is C20H30O2. The lowest BCUT2D eigenvalue weighted by atomic mass is 9.44. The third kappa shape index (κ3) is 1.79. The molecule has 4 rings (SSSR count). The van der Waals surface area contributed by atoms with E-state index in [0.717, 1.165) is 50.4 Å². The molecule has 4 aliphatic carbocycles. The molecule has 22 heavy (non-hydrogen) atoms. The smallest absolute Gasteiger partial charge is 0.139 e. The molecule has 0 heterocycles. The van der Waals surface area contributed by atoms with E-state index < -0.39 is 0 Å². The molecule has 2 heteroatoms. The third-order valence-electron chi connectivity index (χ3n) is 8.55. The largest absolute Gasteiger partial charge is 0.300 e. The zero-order chi connectivity index (χ0) is 15.5. The summed E-state index contributed by atoms with van der Waals surface area (Å²) in [6.45, 7) is 4.62. The molecule has 0 unspecified atom stereocenters. The quantitative estimate of drug-likeness (QED) is 0.711. The number of fused-ring (bicyclic) bond motifs is 5. The predicted octanol–water partition coefficient (Wildman–Crippen LogP) is 4.56. The molecule has 6 atom stereocenters. The second-order valence-corrected chi connectivity index (χ2v) is 8.90. The normalized spacial score (nSPS) is 51.2. The molecule has 4 aliphatic rings. The maximum atomic E-state index is 12.4. The number of Topliss-reactive ketones (excluding diaryl/α,β-unsaturated/α-hetero) is 2. The Hall–Kier alpha value is -0.660. The molecule has 0 saturated heterocycles. The number of hydrogen-bond acceptors (Lipinski definition) is 2. The Kier molecular flexibility index (Phi) is 3.33. The first-order valence-corrected chi connectivity index (χ1v) is 9.56. The van der Waals surface area contributed by atoms with Gasteiger partial charge in [0.1, 0.15) is 11.6 Å². The first-order chi connectivity index (χ1) is 10.5. The van der Waals surface area contributed by atoms with Gasteiger partial charge in [0, 0.05) is 24.7 Å². The van der Waals surface area contributed by atoms with Gasteiger partial charge in [-0.1, -0.05) is 13.8 Å². The van der Waals surface area contributed by atoms with Gasteiger partial charge < -0.3 is 0 Å². The lowest BCUT2D eigenvalue weighted by Crippen LogP contribution is -2.54. The summed E-state index contributed by atoms with van der Waals surface area (Å²) in [5.74, 6) is 3.87. The molecule has 0 aromatic carbocycles. The van der Waals surface area contributed by atoms with Gasteiger partial charge in [0.2, 0.25) is 0 Å². The van der Waals surface area contributed by atoms with E-state index >= 15 is 0 Å². The summed E-state index contributed by atoms with van der Waals surface area (Å²) in [6, 6.07) is 0. The van der Waals surface area contributed by atoms with Crippen LogP contribution in [0.5, 0.6) is 0 Å². The number of carbonyl (C=O) groups is 2. The van der Waals surface area contributed by atoms with Gasteiger partial charge in [-0.2, -0.15) is 0 Å². The van der Waals surface area contributed by atoms with Crippen LogP contribution in [0, 0.1) is 34.5 Å². The van der Waals surface area contributed by atoms with Crippen molar-refractivity contribution in [2.45, 2.75) is 78.1 Å². The molecule has 0 radical (unpaired) electrons. The van der Waals surface area contributed by atoms with E-state index in [1.54, 1.807) is 0 Å². The Labute approximate surface area is 134 Å². The average Bonchev–Trinajstić information content (AvgIpc) is 2.82. The van der Waals surface area contributed by atoms with Crippen molar-refractivity contribution in [2.75, 3.05) is 0 Å². The molecular weight excluding hydrogens is 272 g/mol. The van der Waals surface area contributed by atoms with Gasteiger partial charge in [-0.15, -0.1) is 0 Å². The summed E-state index contributed by atoms with van der Waals surface area (Å²) in [5, 5.41) is 0. The van der Waals surface area contributed by atoms with Crippen LogP contribution in [0.15, 0.2) is 0 Å². The Morgan fingerprint density at radius 3 is 2.59 bits per heavy atom. The van der Waals surface area contributed by atoms with Crippen LogP contribution in [0.4, 0.5) is 0 Å². The van der Waals surface area contributed by atoms with Crippen molar-refractivity contribution in [3.05, 3.63) is 0 Å². The van der Waals surface area contributed by atoms with Crippen LogP contribution in [-0.4, -0.2) is 11.6 Å². The van der Waals surface area contributed by atoms with E-state index in [2.05, 4.69) is 13.8 Å². The van der Waals surface area contributed by atoms with E-state index in [1.807, 2.05) is 0 Å². The molecule has 0 aliphatic heterocycles. The Balaban J connectivity index is 1.68. The van der Waals surface area contributed by atoms with Gasteiger partial charge >= 0.3 is 0 Å². The minimum Gasteiger partial charge on any atom is -0.300 e. The van der Waals surface area contributed by atoms with Crippen molar-refractivity contribution in [3.8, 4) is 0 Å². The van der Waals surface area contributed by atoms with Gasteiger partial charge in [0.15, 0.2) is 0 Å². The van der Waals surface area contributed by atoms with Crippen LogP contribution in [0.3, 0.4) is 0 Å². The van der Waals surface area contributed by atoms with Gasteiger partial charge in [0.25, 0.3) is 0 Å². The topological polar surface area (TPSA) is 34.1 Å². The standard InChI is InChI=1S/C20H30O2/c1-3-20-11-8-14(21)12-13(20)4-5-15-16-6-7-18(22)19(16,2)10-9-17(15)20/h13,15-17H,3-12H2,1-2H3/t13-,15-,16-,17-,19-,20-/m0/s1. The Morgan fingerprint density at radius 2 is 1.82 bits per heavy atom. The van der Waals surface area contributed by atoms with E-state index in [4.69, 9.17) is 0 Å². The monoisotopic (exact) mass is 302 g/mol. The zero-order valence-corrected chi connectivity index (χ0v) is 14.2. The average molecular weight is 302 g/mol. The Morgan fingerprint density at radius 1 is 1.00 bits per heavy atom. The first-order valence-electron chi connectivity index (χ1n) is 9.56. The molecule has 2 nitrogen and oxygen atoms in total. The summed E-state index contributed by atoms with van der Waals surface area (Å²) in [5.41, 5.74) is 0.414. The fraction of sp³-hybridized carbons (Fsp3) is 0.900. The molecule has 122 valence electrons. The second kappa shape index (κ2) is 4.92. The molecule has 0 spiro atoms. The molecule has 0 aromatic rings. The van der Waals surface area contributed by atoms with Crippen molar-refractivity contribution < 1.29 is 9.59 Å². The fourth-order valence-corrected chi connectivity index (χ4v) is 7.33. The summed E-state index contributed by atoms with van der Waals surface area (Å²) >= 11 is 0. The van der Waals surface area contributed by atoms with E-state index in [1.165, 1.54) is 25.7 Å². The SMILES string of the molecule is CC[C@]12CCC(=O)C[C@@H]1CC[C@@H]1[C@@H]2CC[C@]2(C)C(=O)CC[C@@H]12.